The first-order valence-electron chi connectivity index (χ1n) is 6.51. The van der Waals surface area contributed by atoms with Crippen molar-refractivity contribution in [2.24, 2.45) is 5.41 Å². The molecule has 18 heavy (non-hydrogen) atoms. The molecular formula is C14H20N2O2. The molecule has 0 radical (unpaired) electrons. The van der Waals surface area contributed by atoms with Crippen LogP contribution in [0.4, 0.5) is 5.69 Å². The van der Waals surface area contributed by atoms with E-state index in [1.54, 1.807) is 0 Å². The van der Waals surface area contributed by atoms with Crippen LogP contribution in [0, 0.1) is 12.3 Å². The number of anilines is 1. The molecule has 0 bridgehead atoms. The molecule has 0 aromatic carbocycles. The third-order valence-electron chi connectivity index (χ3n) is 4.29. The molecule has 1 saturated heterocycles. The topological polar surface area (TPSA) is 45.6 Å². The van der Waals surface area contributed by atoms with E-state index in [1.807, 2.05) is 13.1 Å². The Morgan fingerprint density at radius 2 is 2.28 bits per heavy atom. The minimum Gasteiger partial charge on any atom is -0.386 e. The Labute approximate surface area is 108 Å². The molecule has 0 spiro atoms. The van der Waals surface area contributed by atoms with Crippen molar-refractivity contribution in [3.8, 4) is 0 Å². The zero-order valence-electron chi connectivity index (χ0n) is 11.2. The maximum atomic E-state index is 10.6. The molecule has 1 aromatic heterocycles. The molecule has 2 aliphatic rings. The Kier molecular flexibility index (Phi) is 2.61. The molecular weight excluding hydrogens is 228 g/mol. The Hall–Kier alpha value is -1.13. The van der Waals surface area contributed by atoms with Gasteiger partial charge in [-0.3, -0.25) is 4.98 Å². The summed E-state index contributed by atoms with van der Waals surface area (Å²) in [6.45, 7) is 8.52. The first-order chi connectivity index (χ1) is 8.51. The monoisotopic (exact) mass is 248 g/mol. The molecule has 4 heteroatoms. The number of rotatable bonds is 0. The normalized spacial score (nSPS) is 29.7. The minimum absolute atomic E-state index is 0.220. The maximum Gasteiger partial charge on any atom is 0.105 e. The molecule has 0 saturated carbocycles. The lowest BCUT2D eigenvalue weighted by Crippen LogP contribution is -2.58. The van der Waals surface area contributed by atoms with Gasteiger partial charge in [0.15, 0.2) is 0 Å². The number of aromatic nitrogens is 1. The van der Waals surface area contributed by atoms with Gasteiger partial charge >= 0.3 is 0 Å². The van der Waals surface area contributed by atoms with Gasteiger partial charge in [-0.25, -0.2) is 0 Å². The van der Waals surface area contributed by atoms with Crippen LogP contribution in [0.2, 0.25) is 0 Å². The molecule has 4 nitrogen and oxygen atoms in total. The molecule has 1 fully saturated rings. The van der Waals surface area contributed by atoms with Gasteiger partial charge in [-0.1, -0.05) is 13.8 Å². The van der Waals surface area contributed by atoms with Gasteiger partial charge in [0.05, 0.1) is 30.6 Å². The smallest absolute Gasteiger partial charge is 0.105 e. The predicted molar refractivity (Wildman–Crippen MR) is 69.7 cm³/mol. The number of aryl methyl sites for hydroxylation is 1. The van der Waals surface area contributed by atoms with E-state index in [1.165, 1.54) is 0 Å². The van der Waals surface area contributed by atoms with E-state index in [-0.39, 0.29) is 11.5 Å². The lowest BCUT2D eigenvalue weighted by atomic mass is 9.73. The zero-order chi connectivity index (χ0) is 12.9. The van der Waals surface area contributed by atoms with E-state index >= 15 is 0 Å². The number of aliphatic hydroxyl groups excluding tert-OH is 1. The van der Waals surface area contributed by atoms with Gasteiger partial charge in [-0.05, 0) is 18.6 Å². The molecule has 3 rings (SSSR count). The highest BCUT2D eigenvalue weighted by molar-refractivity contribution is 5.57. The van der Waals surface area contributed by atoms with Gasteiger partial charge in [0, 0.05) is 18.2 Å². The molecule has 2 aliphatic heterocycles. The molecule has 1 N–H and O–H groups in total. The van der Waals surface area contributed by atoms with Gasteiger partial charge in [-0.2, -0.15) is 0 Å². The van der Waals surface area contributed by atoms with Crippen LogP contribution < -0.4 is 4.90 Å². The van der Waals surface area contributed by atoms with E-state index in [0.717, 1.165) is 30.1 Å². The number of nitrogens with zero attached hydrogens (tertiary/aromatic N) is 2. The third-order valence-corrected chi connectivity index (χ3v) is 4.29. The number of ether oxygens (including phenoxy) is 1. The summed E-state index contributed by atoms with van der Waals surface area (Å²) in [7, 11) is 0. The molecule has 3 heterocycles. The van der Waals surface area contributed by atoms with Crippen LogP contribution in [0.3, 0.4) is 0 Å². The summed E-state index contributed by atoms with van der Waals surface area (Å²) in [6, 6.07) is 2.34. The van der Waals surface area contributed by atoms with Crippen molar-refractivity contribution in [3.05, 3.63) is 23.5 Å². The Bertz CT molecular complexity index is 473. The van der Waals surface area contributed by atoms with Crippen molar-refractivity contribution in [1.29, 1.82) is 0 Å². The quantitative estimate of drug-likeness (QED) is 0.758. The van der Waals surface area contributed by atoms with Crippen molar-refractivity contribution in [2.75, 3.05) is 24.7 Å². The van der Waals surface area contributed by atoms with E-state index < -0.39 is 6.10 Å². The summed E-state index contributed by atoms with van der Waals surface area (Å²) in [5.74, 6) is 0. The lowest BCUT2D eigenvalue weighted by Gasteiger charge is -2.52. The second-order valence-corrected chi connectivity index (χ2v) is 5.93. The highest BCUT2D eigenvalue weighted by atomic mass is 16.5. The van der Waals surface area contributed by atoms with Crippen LogP contribution in [-0.2, 0) is 4.74 Å². The second-order valence-electron chi connectivity index (χ2n) is 5.93. The van der Waals surface area contributed by atoms with Crippen molar-refractivity contribution in [1.82, 2.24) is 4.98 Å². The van der Waals surface area contributed by atoms with Crippen LogP contribution in [0.25, 0.3) is 0 Å². The summed E-state index contributed by atoms with van der Waals surface area (Å²) in [6.07, 6.45) is 1.30. The Morgan fingerprint density at radius 3 is 3.06 bits per heavy atom. The van der Waals surface area contributed by atoms with Crippen molar-refractivity contribution in [2.45, 2.75) is 32.9 Å². The Balaban J connectivity index is 2.15. The zero-order valence-corrected chi connectivity index (χ0v) is 11.2. The van der Waals surface area contributed by atoms with Gasteiger partial charge in [0.1, 0.15) is 6.10 Å². The summed E-state index contributed by atoms with van der Waals surface area (Å²) in [5.41, 5.74) is 2.78. The first-order valence-corrected chi connectivity index (χ1v) is 6.51. The highest BCUT2D eigenvalue weighted by Crippen LogP contribution is 2.48. The number of hydrogen-bond donors (Lipinski definition) is 1. The lowest BCUT2D eigenvalue weighted by molar-refractivity contribution is -0.0288. The second kappa shape index (κ2) is 3.93. The van der Waals surface area contributed by atoms with Crippen molar-refractivity contribution >= 4 is 5.69 Å². The van der Waals surface area contributed by atoms with E-state index in [9.17, 15) is 5.11 Å². The fourth-order valence-corrected chi connectivity index (χ4v) is 3.05. The van der Waals surface area contributed by atoms with Crippen molar-refractivity contribution < 1.29 is 9.84 Å². The SMILES string of the molecule is Cc1cnc2c(c1)N1CCOCC1C(C)(C)C2O. The van der Waals surface area contributed by atoms with Crippen LogP contribution in [0.15, 0.2) is 12.3 Å². The fourth-order valence-electron chi connectivity index (χ4n) is 3.05. The summed E-state index contributed by atoms with van der Waals surface area (Å²) in [5, 5.41) is 10.6. The maximum absolute atomic E-state index is 10.6. The molecule has 98 valence electrons. The number of hydrogen-bond acceptors (Lipinski definition) is 4. The average molecular weight is 248 g/mol. The van der Waals surface area contributed by atoms with Crippen LogP contribution >= 0.6 is 0 Å². The summed E-state index contributed by atoms with van der Waals surface area (Å²) in [4.78, 5) is 6.81. The predicted octanol–water partition coefficient (Wildman–Crippen LogP) is 1.67. The molecule has 1 aromatic rings. The summed E-state index contributed by atoms with van der Waals surface area (Å²) >= 11 is 0. The average Bonchev–Trinajstić information content (AvgIpc) is 2.36. The third kappa shape index (κ3) is 1.56. The largest absolute Gasteiger partial charge is 0.386 e. The number of pyridine rings is 1. The van der Waals surface area contributed by atoms with Gasteiger partial charge in [0.2, 0.25) is 0 Å². The van der Waals surface area contributed by atoms with Gasteiger partial charge < -0.3 is 14.7 Å². The Morgan fingerprint density at radius 1 is 1.50 bits per heavy atom. The number of fused-ring (bicyclic) bond motifs is 3. The van der Waals surface area contributed by atoms with Crippen LogP contribution in [0.5, 0.6) is 0 Å². The number of aliphatic hydroxyl groups is 1. The molecule has 2 unspecified atom stereocenters. The van der Waals surface area contributed by atoms with Crippen LogP contribution in [-0.4, -0.2) is 35.9 Å². The van der Waals surface area contributed by atoms with Crippen molar-refractivity contribution in [3.63, 3.8) is 0 Å². The number of morpholine rings is 1. The minimum atomic E-state index is -0.531. The van der Waals surface area contributed by atoms with Gasteiger partial charge in [-0.15, -0.1) is 0 Å². The summed E-state index contributed by atoms with van der Waals surface area (Å²) < 4.78 is 5.59. The molecule has 0 amide bonds. The van der Waals surface area contributed by atoms with Crippen LogP contribution in [0.1, 0.15) is 31.2 Å². The molecule has 0 aliphatic carbocycles. The fraction of sp³-hybridized carbons (Fsp3) is 0.643. The van der Waals surface area contributed by atoms with Gasteiger partial charge in [0.25, 0.3) is 0 Å². The van der Waals surface area contributed by atoms with E-state index in [2.05, 4.69) is 29.8 Å². The van der Waals surface area contributed by atoms with E-state index in [4.69, 9.17) is 4.74 Å². The first kappa shape index (κ1) is 11.9. The highest BCUT2D eigenvalue weighted by Gasteiger charge is 2.48. The standard InChI is InChI=1S/C14H20N2O2/c1-9-6-10-12(15-7-9)13(17)14(2,3)11-8-18-5-4-16(10)11/h6-7,11,13,17H,4-5,8H2,1-3H3. The van der Waals surface area contributed by atoms with E-state index in [0.29, 0.717) is 6.61 Å². The molecule has 2 atom stereocenters.